The van der Waals surface area contributed by atoms with Gasteiger partial charge in [-0.1, -0.05) is 12.1 Å². The molecule has 0 aliphatic carbocycles. The molecule has 0 saturated heterocycles. The molecule has 0 amide bonds. The van der Waals surface area contributed by atoms with Crippen molar-refractivity contribution < 1.29 is 17.1 Å². The molecule has 0 heterocycles. The molecule has 1 aromatic carbocycles. The molecule has 1 radical (unpaired) electrons. The quantitative estimate of drug-likeness (QED) is 0.154. The van der Waals surface area contributed by atoms with E-state index in [9.17, 15) is 0 Å². The second kappa shape index (κ2) is 14.3. The van der Waals surface area contributed by atoms with Gasteiger partial charge in [0.2, 0.25) is 0 Å². The zero-order chi connectivity index (χ0) is 21.1. The van der Waals surface area contributed by atoms with Gasteiger partial charge in [0.25, 0.3) is 0 Å². The van der Waals surface area contributed by atoms with Gasteiger partial charge in [-0.3, -0.25) is 0 Å². The van der Waals surface area contributed by atoms with Crippen molar-refractivity contribution in [2.24, 2.45) is 20.4 Å². The smallest absolute Gasteiger partial charge is 0.741 e. The number of benzene rings is 1. The summed E-state index contributed by atoms with van der Waals surface area (Å²) in [5.74, 6) is 0. The van der Waals surface area contributed by atoms with Gasteiger partial charge in [0.1, 0.15) is 5.71 Å². The molecular formula is C19H29CuN7S2. The first kappa shape index (κ1) is 27.3. The van der Waals surface area contributed by atoms with Crippen molar-refractivity contribution in [1.82, 2.24) is 9.80 Å². The van der Waals surface area contributed by atoms with E-state index in [0.717, 1.165) is 31.7 Å². The van der Waals surface area contributed by atoms with E-state index in [2.05, 4.69) is 20.4 Å². The minimum absolute atomic E-state index is 0. The van der Waals surface area contributed by atoms with E-state index in [4.69, 9.17) is 31.0 Å². The molecule has 0 bridgehead atoms. The number of anilines is 1. The largest absolute Gasteiger partial charge is 2.00 e. The van der Waals surface area contributed by atoms with Gasteiger partial charge < -0.3 is 40.8 Å². The molecule has 0 aliphatic heterocycles. The van der Waals surface area contributed by atoms with Crippen molar-refractivity contribution in [1.29, 1.82) is 0 Å². The molecule has 7 nitrogen and oxygen atoms in total. The van der Waals surface area contributed by atoms with Crippen LogP contribution in [-0.2, 0) is 42.3 Å². The van der Waals surface area contributed by atoms with Crippen LogP contribution in [0.1, 0.15) is 40.2 Å². The number of nitrogens with zero attached hydrogens (tertiary/aromatic N) is 6. The number of nitrogen functional groups attached to an aromatic ring is 1. The number of amidine groups is 2. The summed E-state index contributed by atoms with van der Waals surface area (Å²) in [7, 11) is 0. The maximum atomic E-state index is 5.80. The van der Waals surface area contributed by atoms with E-state index in [1.54, 1.807) is 12.1 Å². The van der Waals surface area contributed by atoms with Crippen molar-refractivity contribution >= 4 is 52.7 Å². The van der Waals surface area contributed by atoms with Gasteiger partial charge in [0.05, 0.1) is 5.71 Å². The average Bonchev–Trinajstić information content (AvgIpc) is 2.69. The van der Waals surface area contributed by atoms with Crippen LogP contribution in [0.5, 0.6) is 0 Å². The van der Waals surface area contributed by atoms with Crippen LogP contribution in [0.4, 0.5) is 5.69 Å². The zero-order valence-electron chi connectivity index (χ0n) is 17.5. The molecule has 0 unspecified atom stereocenters. The number of hydrogen-bond donors (Lipinski definition) is 1. The molecule has 0 spiro atoms. The molecule has 0 saturated carbocycles. The molecule has 163 valence electrons. The first-order valence-corrected chi connectivity index (χ1v) is 10.2. The Balaban J connectivity index is 0.00000784. The third-order valence-electron chi connectivity index (χ3n) is 4.12. The van der Waals surface area contributed by atoms with Crippen LogP contribution < -0.4 is 5.73 Å². The molecule has 0 fully saturated rings. The Morgan fingerprint density at radius 3 is 1.62 bits per heavy atom. The fourth-order valence-electron chi connectivity index (χ4n) is 2.35. The number of hydrogen-bond acceptors (Lipinski definition) is 7. The Kier molecular flexibility index (Phi) is 13.4. The van der Waals surface area contributed by atoms with E-state index in [-0.39, 0.29) is 17.1 Å². The van der Waals surface area contributed by atoms with Crippen LogP contribution in [0.15, 0.2) is 44.7 Å². The average molecular weight is 483 g/mol. The number of nitrogens with two attached hydrogens (primary N) is 1. The SMILES string of the molecule is CCN(CC)/C([S-])=N/N=C(C)/C(=N/N=C(\[S-])N(CC)CC)c1ccc(N)cc1.[Cu+2]. The molecule has 1 aromatic rings. The minimum Gasteiger partial charge on any atom is -0.741 e. The molecule has 0 aromatic heterocycles. The first-order valence-electron chi connectivity index (χ1n) is 9.35. The fourth-order valence-corrected chi connectivity index (χ4v) is 2.95. The molecule has 29 heavy (non-hydrogen) atoms. The van der Waals surface area contributed by atoms with Gasteiger partial charge in [-0.15, -0.1) is 5.10 Å². The van der Waals surface area contributed by atoms with Crippen LogP contribution in [0.3, 0.4) is 0 Å². The van der Waals surface area contributed by atoms with E-state index < -0.39 is 0 Å². The molecule has 0 atom stereocenters. The Hall–Kier alpha value is -1.74. The Morgan fingerprint density at radius 2 is 1.21 bits per heavy atom. The van der Waals surface area contributed by atoms with E-state index in [1.165, 1.54) is 0 Å². The van der Waals surface area contributed by atoms with E-state index >= 15 is 0 Å². The van der Waals surface area contributed by atoms with Gasteiger partial charge >= 0.3 is 17.1 Å². The molecule has 1 rings (SSSR count). The summed E-state index contributed by atoms with van der Waals surface area (Å²) in [4.78, 5) is 3.90. The maximum Gasteiger partial charge on any atom is 2.00 e. The standard InChI is InChI=1S/C19H31N7S2.Cu/c1-6-25(7-2)18(27)23-21-14(5)17(15-10-12-16(20)13-11-15)22-24-19(28)26(8-3)9-4;/h10-13H,6-9,20H2,1-5H3,(H,23,27)(H,24,28);/q;+2/p-2/b21-14+,22-17-;. The van der Waals surface area contributed by atoms with Gasteiger partial charge in [-0.05, 0) is 46.8 Å². The van der Waals surface area contributed by atoms with Gasteiger partial charge in [-0.25, -0.2) is 0 Å². The van der Waals surface area contributed by atoms with Crippen LogP contribution in [0.25, 0.3) is 0 Å². The van der Waals surface area contributed by atoms with E-state index in [1.807, 2.05) is 56.6 Å². The predicted octanol–water partition coefficient (Wildman–Crippen LogP) is 2.84. The van der Waals surface area contributed by atoms with Crippen molar-refractivity contribution in [2.45, 2.75) is 34.6 Å². The summed E-state index contributed by atoms with van der Waals surface area (Å²) in [6.07, 6.45) is 0. The number of rotatable bonds is 8. The second-order valence-electron chi connectivity index (χ2n) is 5.87. The van der Waals surface area contributed by atoms with Crippen LogP contribution in [0, 0.1) is 0 Å². The van der Waals surface area contributed by atoms with Crippen molar-refractivity contribution in [3.63, 3.8) is 0 Å². The van der Waals surface area contributed by atoms with Crippen molar-refractivity contribution in [2.75, 3.05) is 31.9 Å². The third-order valence-corrected chi connectivity index (χ3v) is 4.80. The summed E-state index contributed by atoms with van der Waals surface area (Å²) in [6.45, 7) is 13.0. The van der Waals surface area contributed by atoms with Crippen LogP contribution in [0.2, 0.25) is 0 Å². The Morgan fingerprint density at radius 1 is 0.793 bits per heavy atom. The first-order chi connectivity index (χ1) is 13.4. The topological polar surface area (TPSA) is 81.9 Å². The Bertz CT molecular complexity index is 737. The van der Waals surface area contributed by atoms with Gasteiger partial charge in [-0.2, -0.15) is 15.3 Å². The van der Waals surface area contributed by atoms with Crippen LogP contribution in [-0.4, -0.2) is 57.7 Å². The molecule has 10 heteroatoms. The van der Waals surface area contributed by atoms with Gasteiger partial charge in [0.15, 0.2) is 0 Å². The molecule has 0 aliphatic rings. The monoisotopic (exact) mass is 482 g/mol. The van der Waals surface area contributed by atoms with Crippen molar-refractivity contribution in [3.8, 4) is 0 Å². The summed E-state index contributed by atoms with van der Waals surface area (Å²) >= 11 is 10.7. The second-order valence-corrected chi connectivity index (χ2v) is 6.60. The normalized spacial score (nSPS) is 13.1. The fraction of sp³-hybridized carbons (Fsp3) is 0.474. The summed E-state index contributed by atoms with van der Waals surface area (Å²) in [5, 5.41) is 17.9. The molecular weight excluding hydrogens is 454 g/mol. The Labute approximate surface area is 195 Å². The van der Waals surface area contributed by atoms with Crippen LogP contribution >= 0.6 is 0 Å². The third kappa shape index (κ3) is 8.65. The summed E-state index contributed by atoms with van der Waals surface area (Å²) in [5.41, 5.74) is 8.45. The minimum atomic E-state index is 0. The maximum absolute atomic E-state index is 5.80. The summed E-state index contributed by atoms with van der Waals surface area (Å²) < 4.78 is 0. The summed E-state index contributed by atoms with van der Waals surface area (Å²) in [6, 6.07) is 7.34. The van der Waals surface area contributed by atoms with E-state index in [0.29, 0.717) is 27.4 Å². The van der Waals surface area contributed by atoms with Gasteiger partial charge in [0, 0.05) is 47.8 Å². The predicted molar refractivity (Wildman–Crippen MR) is 126 cm³/mol. The molecule has 2 N–H and O–H groups in total. The van der Waals surface area contributed by atoms with Crippen molar-refractivity contribution in [3.05, 3.63) is 29.8 Å². The zero-order valence-corrected chi connectivity index (χ0v) is 20.1.